The van der Waals surface area contributed by atoms with E-state index in [2.05, 4.69) is 11.4 Å². The van der Waals surface area contributed by atoms with Gasteiger partial charge in [-0.25, -0.2) is 0 Å². The van der Waals surface area contributed by atoms with Gasteiger partial charge in [0.05, 0.1) is 0 Å². The van der Waals surface area contributed by atoms with Gasteiger partial charge < -0.3 is 11.1 Å². The van der Waals surface area contributed by atoms with Gasteiger partial charge in [-0.1, -0.05) is 30.3 Å². The SMILES string of the molecule is NC1=CC=c2ccccc2=CN1. The summed E-state index contributed by atoms with van der Waals surface area (Å²) in [4.78, 5) is 0. The van der Waals surface area contributed by atoms with Gasteiger partial charge in [0.25, 0.3) is 0 Å². The lowest BCUT2D eigenvalue weighted by molar-refractivity contribution is 1.08. The maximum absolute atomic E-state index is 5.60. The number of rotatable bonds is 0. The highest BCUT2D eigenvalue weighted by Gasteiger charge is 1.89. The smallest absolute Gasteiger partial charge is 0.100 e. The molecule has 0 spiro atoms. The van der Waals surface area contributed by atoms with Crippen LogP contribution >= 0.6 is 0 Å². The average Bonchev–Trinajstić information content (AvgIpc) is 2.29. The molecule has 3 N–H and O–H groups in total. The molecule has 0 aromatic heterocycles. The van der Waals surface area contributed by atoms with Crippen molar-refractivity contribution < 1.29 is 0 Å². The van der Waals surface area contributed by atoms with Crippen LogP contribution in [0.3, 0.4) is 0 Å². The first-order valence-electron chi connectivity index (χ1n) is 3.85. The van der Waals surface area contributed by atoms with E-state index in [1.165, 1.54) is 5.22 Å². The Balaban J connectivity index is 2.72. The lowest BCUT2D eigenvalue weighted by atomic mass is 10.2. The molecule has 2 heteroatoms. The molecule has 60 valence electrons. The fraction of sp³-hybridized carbons (Fsp3) is 0. The number of benzene rings is 1. The molecule has 1 aliphatic rings. The van der Waals surface area contributed by atoms with Crippen LogP contribution in [0.15, 0.2) is 36.2 Å². The van der Waals surface area contributed by atoms with Crippen molar-refractivity contribution in [3.8, 4) is 0 Å². The molecule has 0 fully saturated rings. The van der Waals surface area contributed by atoms with Gasteiger partial charge in [0.1, 0.15) is 5.82 Å². The predicted octanol–water partition coefficient (Wildman–Crippen LogP) is -0.392. The topological polar surface area (TPSA) is 38.0 Å². The van der Waals surface area contributed by atoms with E-state index in [1.807, 2.05) is 36.6 Å². The summed E-state index contributed by atoms with van der Waals surface area (Å²) in [6.07, 6.45) is 5.77. The van der Waals surface area contributed by atoms with Crippen LogP contribution in [-0.2, 0) is 0 Å². The lowest BCUT2D eigenvalue weighted by Gasteiger charge is -1.94. The highest BCUT2D eigenvalue weighted by molar-refractivity contribution is 5.44. The molecule has 0 saturated heterocycles. The highest BCUT2D eigenvalue weighted by Crippen LogP contribution is 1.82. The molecule has 0 saturated carbocycles. The van der Waals surface area contributed by atoms with Gasteiger partial charge in [0.15, 0.2) is 0 Å². The molecule has 0 aliphatic carbocycles. The zero-order valence-electron chi connectivity index (χ0n) is 6.62. The molecular weight excluding hydrogens is 148 g/mol. The Bertz CT molecular complexity index is 429. The molecule has 1 aromatic rings. The highest BCUT2D eigenvalue weighted by atomic mass is 15.0. The van der Waals surface area contributed by atoms with E-state index in [9.17, 15) is 0 Å². The van der Waals surface area contributed by atoms with Crippen molar-refractivity contribution >= 4 is 12.3 Å². The molecule has 2 nitrogen and oxygen atoms in total. The van der Waals surface area contributed by atoms with Crippen molar-refractivity contribution in [3.63, 3.8) is 0 Å². The second-order valence-electron chi connectivity index (χ2n) is 2.71. The Morgan fingerprint density at radius 3 is 2.58 bits per heavy atom. The third kappa shape index (κ3) is 1.19. The Labute approximate surface area is 70.7 Å². The second-order valence-corrected chi connectivity index (χ2v) is 2.71. The lowest BCUT2D eigenvalue weighted by Crippen LogP contribution is -2.25. The number of hydrogen-bond donors (Lipinski definition) is 2. The largest absolute Gasteiger partial charge is 0.385 e. The van der Waals surface area contributed by atoms with Gasteiger partial charge in [-0.3, -0.25) is 0 Å². The summed E-state index contributed by atoms with van der Waals surface area (Å²) in [5.41, 5.74) is 5.60. The molecule has 1 aromatic carbocycles. The van der Waals surface area contributed by atoms with Crippen LogP contribution in [0.25, 0.3) is 12.3 Å². The van der Waals surface area contributed by atoms with Gasteiger partial charge in [-0.2, -0.15) is 0 Å². The zero-order valence-corrected chi connectivity index (χ0v) is 6.62. The number of allylic oxidation sites excluding steroid dienone is 1. The van der Waals surface area contributed by atoms with Crippen molar-refractivity contribution in [2.24, 2.45) is 5.73 Å². The van der Waals surface area contributed by atoms with Crippen molar-refractivity contribution in [1.82, 2.24) is 5.32 Å². The third-order valence-corrected chi connectivity index (χ3v) is 1.83. The van der Waals surface area contributed by atoms with Crippen LogP contribution in [-0.4, -0.2) is 0 Å². The van der Waals surface area contributed by atoms with E-state index in [1.54, 1.807) is 0 Å². The molecule has 0 amide bonds. The Morgan fingerprint density at radius 1 is 1.00 bits per heavy atom. The van der Waals surface area contributed by atoms with Gasteiger partial charge in [0, 0.05) is 6.20 Å². The fourth-order valence-corrected chi connectivity index (χ4v) is 1.18. The number of fused-ring (bicyclic) bond motifs is 1. The first-order valence-corrected chi connectivity index (χ1v) is 3.85. The number of nitrogens with two attached hydrogens (primary N) is 1. The molecule has 1 heterocycles. The van der Waals surface area contributed by atoms with Crippen LogP contribution in [0.2, 0.25) is 0 Å². The Morgan fingerprint density at radius 2 is 1.75 bits per heavy atom. The van der Waals surface area contributed by atoms with Gasteiger partial charge in [-0.05, 0) is 16.5 Å². The molecule has 12 heavy (non-hydrogen) atoms. The first kappa shape index (κ1) is 6.98. The van der Waals surface area contributed by atoms with Crippen LogP contribution in [0.1, 0.15) is 0 Å². The van der Waals surface area contributed by atoms with Crippen LogP contribution < -0.4 is 21.5 Å². The summed E-state index contributed by atoms with van der Waals surface area (Å²) >= 11 is 0. The zero-order chi connectivity index (χ0) is 8.39. The van der Waals surface area contributed by atoms with E-state index < -0.39 is 0 Å². The van der Waals surface area contributed by atoms with E-state index in [4.69, 9.17) is 5.73 Å². The second kappa shape index (κ2) is 2.74. The first-order chi connectivity index (χ1) is 5.86. The average molecular weight is 158 g/mol. The van der Waals surface area contributed by atoms with Crippen molar-refractivity contribution in [1.29, 1.82) is 0 Å². The molecule has 0 unspecified atom stereocenters. The van der Waals surface area contributed by atoms with Gasteiger partial charge in [0.2, 0.25) is 0 Å². The molecular formula is C10H10N2. The van der Waals surface area contributed by atoms with Crippen molar-refractivity contribution in [3.05, 3.63) is 46.6 Å². The summed E-state index contributed by atoms with van der Waals surface area (Å²) in [6.45, 7) is 0. The Hall–Kier alpha value is -1.70. The maximum atomic E-state index is 5.60. The minimum absolute atomic E-state index is 0.672. The maximum Gasteiger partial charge on any atom is 0.100 e. The summed E-state index contributed by atoms with van der Waals surface area (Å²) in [5, 5.41) is 5.33. The van der Waals surface area contributed by atoms with Crippen LogP contribution in [0, 0.1) is 0 Å². The number of hydrogen-bond acceptors (Lipinski definition) is 2. The minimum atomic E-state index is 0.672. The molecule has 2 rings (SSSR count). The molecule has 0 bridgehead atoms. The summed E-state index contributed by atoms with van der Waals surface area (Å²) in [6, 6.07) is 8.12. The molecule has 1 aliphatic heterocycles. The van der Waals surface area contributed by atoms with Crippen LogP contribution in [0.4, 0.5) is 0 Å². The minimum Gasteiger partial charge on any atom is -0.385 e. The van der Waals surface area contributed by atoms with Gasteiger partial charge >= 0.3 is 0 Å². The molecule has 0 radical (unpaired) electrons. The van der Waals surface area contributed by atoms with Crippen LogP contribution in [0.5, 0.6) is 0 Å². The van der Waals surface area contributed by atoms with Gasteiger partial charge in [-0.15, -0.1) is 0 Å². The van der Waals surface area contributed by atoms with E-state index in [0.717, 1.165) is 5.22 Å². The number of nitrogens with one attached hydrogen (secondary N) is 1. The van der Waals surface area contributed by atoms with E-state index in [-0.39, 0.29) is 0 Å². The summed E-state index contributed by atoms with van der Waals surface area (Å²) < 4.78 is 0. The molecule has 0 atom stereocenters. The third-order valence-electron chi connectivity index (χ3n) is 1.83. The van der Waals surface area contributed by atoms with Crippen molar-refractivity contribution in [2.45, 2.75) is 0 Å². The summed E-state index contributed by atoms with van der Waals surface area (Å²) in [5.74, 6) is 0.672. The van der Waals surface area contributed by atoms with E-state index >= 15 is 0 Å². The summed E-state index contributed by atoms with van der Waals surface area (Å²) in [7, 11) is 0. The van der Waals surface area contributed by atoms with E-state index in [0.29, 0.717) is 5.82 Å². The standard InChI is InChI=1S/C10H10N2/c11-10-6-5-8-3-1-2-4-9(8)7-12-10/h1-7,12H,11H2. The Kier molecular flexibility index (Phi) is 1.59. The quantitative estimate of drug-likeness (QED) is 0.539. The fourth-order valence-electron chi connectivity index (χ4n) is 1.18. The monoisotopic (exact) mass is 158 g/mol. The van der Waals surface area contributed by atoms with Crippen molar-refractivity contribution in [2.75, 3.05) is 0 Å². The predicted molar refractivity (Wildman–Crippen MR) is 50.0 cm³/mol. The normalized spacial score (nSPS) is 14.2.